The smallest absolute Gasteiger partial charge is 0.246 e. The summed E-state index contributed by atoms with van der Waals surface area (Å²) in [5, 5.41) is 14.4. The van der Waals surface area contributed by atoms with Crippen molar-refractivity contribution < 1.29 is 13.5 Å². The monoisotopic (exact) mass is 335 g/mol. The number of hydrogen-bond acceptors (Lipinski definition) is 4. The molecule has 0 radical (unpaired) electrons. The average molecular weight is 335 g/mol. The summed E-state index contributed by atoms with van der Waals surface area (Å²) in [6.45, 7) is 0.489. The molecule has 0 bridgehead atoms. The molecule has 0 spiro atoms. The molecule has 0 unspecified atom stereocenters. The SMILES string of the molecule is Cn1cc(S(=O)(=O)N2CCC[C@H]2C[C@H](O)c2ccccc2)cn1. The summed E-state index contributed by atoms with van der Waals surface area (Å²) in [5.74, 6) is 0. The van der Waals surface area contributed by atoms with E-state index in [1.165, 1.54) is 21.4 Å². The van der Waals surface area contributed by atoms with Crippen molar-refractivity contribution in [3.8, 4) is 0 Å². The fourth-order valence-corrected chi connectivity index (χ4v) is 4.79. The van der Waals surface area contributed by atoms with Crippen molar-refractivity contribution in [3.63, 3.8) is 0 Å². The molecule has 2 aromatic rings. The minimum absolute atomic E-state index is 0.185. The summed E-state index contributed by atoms with van der Waals surface area (Å²) in [7, 11) is -1.86. The van der Waals surface area contributed by atoms with Gasteiger partial charge >= 0.3 is 0 Å². The summed E-state index contributed by atoms with van der Waals surface area (Å²) in [4.78, 5) is 0.209. The molecule has 2 atom stereocenters. The van der Waals surface area contributed by atoms with Gasteiger partial charge in [0.05, 0.1) is 12.3 Å². The van der Waals surface area contributed by atoms with Crippen molar-refractivity contribution in [2.75, 3.05) is 6.54 Å². The summed E-state index contributed by atoms with van der Waals surface area (Å²) in [6.07, 6.45) is 4.21. The molecule has 1 fully saturated rings. The Balaban J connectivity index is 1.78. The molecule has 1 aromatic carbocycles. The maximum atomic E-state index is 12.8. The normalized spacial score (nSPS) is 20.7. The Hall–Kier alpha value is -1.70. The fraction of sp³-hybridized carbons (Fsp3) is 0.438. The molecule has 124 valence electrons. The first kappa shape index (κ1) is 16.2. The van der Waals surface area contributed by atoms with Crippen LogP contribution in [0.5, 0.6) is 0 Å². The highest BCUT2D eigenvalue weighted by atomic mass is 32.2. The van der Waals surface area contributed by atoms with Crippen LogP contribution in [0.15, 0.2) is 47.6 Å². The van der Waals surface area contributed by atoms with Gasteiger partial charge < -0.3 is 5.11 Å². The predicted molar refractivity (Wildman–Crippen MR) is 86.1 cm³/mol. The van der Waals surface area contributed by atoms with E-state index in [4.69, 9.17) is 0 Å². The highest BCUT2D eigenvalue weighted by Crippen LogP contribution is 2.31. The molecule has 1 saturated heterocycles. The van der Waals surface area contributed by atoms with E-state index in [0.717, 1.165) is 18.4 Å². The third kappa shape index (κ3) is 3.31. The first-order valence-corrected chi connectivity index (χ1v) is 9.16. The number of aromatic nitrogens is 2. The largest absolute Gasteiger partial charge is 0.388 e. The van der Waals surface area contributed by atoms with E-state index in [1.807, 2.05) is 30.3 Å². The van der Waals surface area contributed by atoms with Crippen LogP contribution >= 0.6 is 0 Å². The quantitative estimate of drug-likeness (QED) is 0.902. The van der Waals surface area contributed by atoms with Gasteiger partial charge in [-0.1, -0.05) is 30.3 Å². The lowest BCUT2D eigenvalue weighted by atomic mass is 10.0. The van der Waals surface area contributed by atoms with Crippen molar-refractivity contribution in [3.05, 3.63) is 48.3 Å². The first-order chi connectivity index (χ1) is 11.0. The van der Waals surface area contributed by atoms with Gasteiger partial charge in [-0.15, -0.1) is 0 Å². The summed E-state index contributed by atoms with van der Waals surface area (Å²) < 4.78 is 28.5. The van der Waals surface area contributed by atoms with Crippen LogP contribution in [0.3, 0.4) is 0 Å². The first-order valence-electron chi connectivity index (χ1n) is 7.72. The van der Waals surface area contributed by atoms with Crippen LogP contribution < -0.4 is 0 Å². The second-order valence-electron chi connectivity index (χ2n) is 5.92. The van der Waals surface area contributed by atoms with E-state index in [1.54, 1.807) is 7.05 Å². The number of aryl methyl sites for hydroxylation is 1. The minimum atomic E-state index is -3.56. The predicted octanol–water partition coefficient (Wildman–Crippen LogP) is 1.70. The lowest BCUT2D eigenvalue weighted by molar-refractivity contribution is 0.142. The number of sulfonamides is 1. The van der Waals surface area contributed by atoms with E-state index >= 15 is 0 Å². The van der Waals surface area contributed by atoms with E-state index in [0.29, 0.717) is 13.0 Å². The van der Waals surface area contributed by atoms with Gasteiger partial charge in [-0.05, 0) is 24.8 Å². The second-order valence-corrected chi connectivity index (χ2v) is 7.81. The molecule has 1 N–H and O–H groups in total. The van der Waals surface area contributed by atoms with E-state index < -0.39 is 16.1 Å². The molecule has 1 aliphatic rings. The third-order valence-electron chi connectivity index (χ3n) is 4.29. The molecule has 1 aliphatic heterocycles. The molecule has 0 amide bonds. The van der Waals surface area contributed by atoms with E-state index in [2.05, 4.69) is 5.10 Å². The minimum Gasteiger partial charge on any atom is -0.388 e. The van der Waals surface area contributed by atoms with Gasteiger partial charge in [-0.3, -0.25) is 4.68 Å². The van der Waals surface area contributed by atoms with Crippen molar-refractivity contribution in [2.45, 2.75) is 36.3 Å². The number of hydrogen-bond donors (Lipinski definition) is 1. The molecule has 2 heterocycles. The number of benzene rings is 1. The molecule has 0 saturated carbocycles. The average Bonchev–Trinajstić information content (AvgIpc) is 3.17. The summed E-state index contributed by atoms with van der Waals surface area (Å²) in [5.41, 5.74) is 0.818. The van der Waals surface area contributed by atoms with E-state index in [-0.39, 0.29) is 10.9 Å². The number of nitrogens with zero attached hydrogens (tertiary/aromatic N) is 3. The van der Waals surface area contributed by atoms with Gasteiger partial charge in [0.1, 0.15) is 4.90 Å². The van der Waals surface area contributed by atoms with Crippen LogP contribution in [0.1, 0.15) is 30.9 Å². The fourth-order valence-electron chi connectivity index (χ4n) is 3.10. The lowest BCUT2D eigenvalue weighted by Gasteiger charge is -2.25. The Morgan fingerprint density at radius 3 is 2.74 bits per heavy atom. The summed E-state index contributed by atoms with van der Waals surface area (Å²) >= 11 is 0. The Morgan fingerprint density at radius 1 is 1.35 bits per heavy atom. The Labute approximate surface area is 136 Å². The molecule has 1 aromatic heterocycles. The van der Waals surface area contributed by atoms with Gasteiger partial charge in [-0.2, -0.15) is 9.40 Å². The molecular weight excluding hydrogens is 314 g/mol. The van der Waals surface area contributed by atoms with Gasteiger partial charge in [0.2, 0.25) is 10.0 Å². The van der Waals surface area contributed by atoms with Crippen molar-refractivity contribution in [1.82, 2.24) is 14.1 Å². The van der Waals surface area contributed by atoms with E-state index in [9.17, 15) is 13.5 Å². The Bertz CT molecular complexity index is 758. The van der Waals surface area contributed by atoms with Crippen molar-refractivity contribution >= 4 is 10.0 Å². The van der Waals surface area contributed by atoms with Crippen molar-refractivity contribution in [1.29, 1.82) is 0 Å². The topological polar surface area (TPSA) is 75.4 Å². The van der Waals surface area contributed by atoms with Crippen LogP contribution in [-0.4, -0.2) is 40.2 Å². The zero-order valence-electron chi connectivity index (χ0n) is 13.0. The highest BCUT2D eigenvalue weighted by molar-refractivity contribution is 7.89. The number of aliphatic hydroxyl groups excluding tert-OH is 1. The van der Waals surface area contributed by atoms with Gasteiger partial charge in [0.15, 0.2) is 0 Å². The van der Waals surface area contributed by atoms with Gasteiger partial charge in [0.25, 0.3) is 0 Å². The standard InChI is InChI=1S/C16H21N3O3S/c1-18-12-15(11-17-18)23(21,22)19-9-5-8-14(19)10-16(20)13-6-3-2-4-7-13/h2-4,6-7,11-12,14,16,20H,5,8-10H2,1H3/t14-,16-/m0/s1. The molecule has 0 aliphatic carbocycles. The third-order valence-corrected chi connectivity index (χ3v) is 6.20. The van der Waals surface area contributed by atoms with Crippen LogP contribution in [0, 0.1) is 0 Å². The zero-order chi connectivity index (χ0) is 16.4. The Morgan fingerprint density at radius 2 is 2.09 bits per heavy atom. The van der Waals surface area contributed by atoms with Gasteiger partial charge in [-0.25, -0.2) is 8.42 Å². The van der Waals surface area contributed by atoms with Crippen LogP contribution in [-0.2, 0) is 17.1 Å². The molecule has 7 heteroatoms. The molecule has 3 rings (SSSR count). The molecule has 23 heavy (non-hydrogen) atoms. The molecule has 6 nitrogen and oxygen atoms in total. The van der Waals surface area contributed by atoms with Crippen LogP contribution in [0.4, 0.5) is 0 Å². The number of aliphatic hydroxyl groups is 1. The van der Waals surface area contributed by atoms with Crippen LogP contribution in [0.25, 0.3) is 0 Å². The maximum Gasteiger partial charge on any atom is 0.246 e. The van der Waals surface area contributed by atoms with Gasteiger partial charge in [0, 0.05) is 25.8 Å². The maximum absolute atomic E-state index is 12.8. The van der Waals surface area contributed by atoms with Crippen molar-refractivity contribution in [2.24, 2.45) is 7.05 Å². The Kier molecular flexibility index (Phi) is 4.52. The molecular formula is C16H21N3O3S. The summed E-state index contributed by atoms with van der Waals surface area (Å²) in [6, 6.07) is 9.18. The number of rotatable bonds is 5. The van der Waals surface area contributed by atoms with Crippen LogP contribution in [0.2, 0.25) is 0 Å². The zero-order valence-corrected chi connectivity index (χ0v) is 13.9. The lowest BCUT2D eigenvalue weighted by Crippen LogP contribution is -2.36. The highest BCUT2D eigenvalue weighted by Gasteiger charge is 2.37. The second kappa shape index (κ2) is 6.43.